The van der Waals surface area contributed by atoms with Gasteiger partial charge in [0.25, 0.3) is 0 Å². The van der Waals surface area contributed by atoms with Gasteiger partial charge in [0.2, 0.25) is 0 Å². The van der Waals surface area contributed by atoms with Gasteiger partial charge in [-0.3, -0.25) is 9.59 Å². The quantitative estimate of drug-likeness (QED) is 0.789. The Morgan fingerprint density at radius 1 is 1.11 bits per heavy atom. The Hall–Kier alpha value is -2.16. The summed E-state index contributed by atoms with van der Waals surface area (Å²) in [4.78, 5) is 23.3. The minimum absolute atomic E-state index is 0.0247. The van der Waals surface area contributed by atoms with Crippen molar-refractivity contribution in [3.8, 4) is 0 Å². The van der Waals surface area contributed by atoms with Gasteiger partial charge in [-0.1, -0.05) is 42.5 Å². The van der Waals surface area contributed by atoms with Crippen molar-refractivity contribution in [2.45, 2.75) is 19.3 Å². The molecule has 0 bridgehead atoms. The molecule has 2 aromatic rings. The normalized spacial score (nSPS) is 12.1. The second-order valence-corrected chi connectivity index (χ2v) is 4.55. The van der Waals surface area contributed by atoms with E-state index in [1.165, 1.54) is 14.0 Å². The molecule has 0 radical (unpaired) electrons. The molecule has 0 saturated heterocycles. The number of hydrogen-bond acceptors (Lipinski definition) is 3. The van der Waals surface area contributed by atoms with Gasteiger partial charge in [-0.2, -0.15) is 0 Å². The van der Waals surface area contributed by atoms with Crippen LogP contribution in [0.3, 0.4) is 0 Å². The molecule has 19 heavy (non-hydrogen) atoms. The molecule has 0 spiro atoms. The third kappa shape index (κ3) is 2.81. The average Bonchev–Trinajstić information content (AvgIpc) is 2.43. The summed E-state index contributed by atoms with van der Waals surface area (Å²) < 4.78 is 4.83. The maximum atomic E-state index is 11.9. The molecule has 3 nitrogen and oxygen atoms in total. The van der Waals surface area contributed by atoms with E-state index in [2.05, 4.69) is 0 Å². The second kappa shape index (κ2) is 5.65. The molecule has 0 heterocycles. The van der Waals surface area contributed by atoms with Gasteiger partial charge in [0.05, 0.1) is 13.0 Å². The molecule has 2 rings (SSSR count). The molecule has 0 aliphatic carbocycles. The number of methoxy groups -OCH3 is 1. The Kier molecular flexibility index (Phi) is 3.95. The SMILES string of the molecule is COC(=O)C(CC(C)=O)c1cccc2ccccc12. The van der Waals surface area contributed by atoms with Crippen LogP contribution in [0.5, 0.6) is 0 Å². The number of hydrogen-bond donors (Lipinski definition) is 0. The predicted molar refractivity (Wildman–Crippen MR) is 74.0 cm³/mol. The van der Waals surface area contributed by atoms with E-state index in [-0.39, 0.29) is 18.2 Å². The Bertz CT molecular complexity index is 611. The molecule has 1 unspecified atom stereocenters. The average molecular weight is 256 g/mol. The Labute approximate surface area is 112 Å². The smallest absolute Gasteiger partial charge is 0.313 e. The summed E-state index contributed by atoms with van der Waals surface area (Å²) in [6, 6.07) is 13.6. The number of ketones is 1. The van der Waals surface area contributed by atoms with Crippen LogP contribution in [0.1, 0.15) is 24.8 Å². The van der Waals surface area contributed by atoms with Crippen LogP contribution in [-0.4, -0.2) is 18.9 Å². The fourth-order valence-electron chi connectivity index (χ4n) is 2.30. The van der Waals surface area contributed by atoms with E-state index in [9.17, 15) is 9.59 Å². The summed E-state index contributed by atoms with van der Waals surface area (Å²) in [5.74, 6) is -0.927. The number of rotatable bonds is 4. The summed E-state index contributed by atoms with van der Waals surface area (Å²) in [6.45, 7) is 1.49. The van der Waals surface area contributed by atoms with Crippen molar-refractivity contribution in [3.63, 3.8) is 0 Å². The molecule has 2 aromatic carbocycles. The first-order chi connectivity index (χ1) is 9.13. The molecule has 0 aliphatic heterocycles. The highest BCUT2D eigenvalue weighted by molar-refractivity contribution is 5.93. The zero-order valence-corrected chi connectivity index (χ0v) is 11.1. The summed E-state index contributed by atoms with van der Waals surface area (Å²) in [5.41, 5.74) is 0.847. The molecular formula is C16H16O3. The zero-order chi connectivity index (χ0) is 13.8. The minimum Gasteiger partial charge on any atom is -0.469 e. The van der Waals surface area contributed by atoms with Crippen molar-refractivity contribution in [2.75, 3.05) is 7.11 Å². The fourth-order valence-corrected chi connectivity index (χ4v) is 2.30. The standard InChI is InChI=1S/C16H16O3/c1-11(17)10-15(16(18)19-2)14-9-5-7-12-6-3-4-8-13(12)14/h3-9,15H,10H2,1-2H3. The van der Waals surface area contributed by atoms with Gasteiger partial charge in [0, 0.05) is 6.42 Å². The van der Waals surface area contributed by atoms with Crippen molar-refractivity contribution in [1.29, 1.82) is 0 Å². The molecule has 1 atom stereocenters. The van der Waals surface area contributed by atoms with Crippen molar-refractivity contribution in [2.24, 2.45) is 0 Å². The second-order valence-electron chi connectivity index (χ2n) is 4.55. The van der Waals surface area contributed by atoms with E-state index in [1.54, 1.807) is 0 Å². The van der Waals surface area contributed by atoms with Crippen molar-refractivity contribution in [1.82, 2.24) is 0 Å². The predicted octanol–water partition coefficient (Wildman–Crippen LogP) is 3.08. The van der Waals surface area contributed by atoms with Gasteiger partial charge >= 0.3 is 5.97 Å². The van der Waals surface area contributed by atoms with E-state index < -0.39 is 5.92 Å². The molecule has 0 amide bonds. The van der Waals surface area contributed by atoms with E-state index >= 15 is 0 Å². The van der Waals surface area contributed by atoms with Crippen LogP contribution < -0.4 is 0 Å². The topological polar surface area (TPSA) is 43.4 Å². The van der Waals surface area contributed by atoms with Gasteiger partial charge in [0.1, 0.15) is 5.78 Å². The Morgan fingerprint density at radius 3 is 2.47 bits per heavy atom. The zero-order valence-electron chi connectivity index (χ0n) is 11.1. The Morgan fingerprint density at radius 2 is 1.79 bits per heavy atom. The van der Waals surface area contributed by atoms with E-state index in [0.29, 0.717) is 0 Å². The molecule has 0 aliphatic rings. The highest BCUT2D eigenvalue weighted by Crippen LogP contribution is 2.29. The van der Waals surface area contributed by atoms with Crippen LogP contribution in [0.2, 0.25) is 0 Å². The van der Waals surface area contributed by atoms with Crippen molar-refractivity contribution in [3.05, 3.63) is 48.0 Å². The van der Waals surface area contributed by atoms with Gasteiger partial charge in [-0.25, -0.2) is 0 Å². The lowest BCUT2D eigenvalue weighted by Crippen LogP contribution is -2.17. The van der Waals surface area contributed by atoms with E-state index in [4.69, 9.17) is 4.74 Å². The van der Waals surface area contributed by atoms with Crippen LogP contribution in [0.25, 0.3) is 10.8 Å². The lowest BCUT2D eigenvalue weighted by Gasteiger charge is -2.15. The lowest BCUT2D eigenvalue weighted by molar-refractivity contribution is -0.143. The van der Waals surface area contributed by atoms with Gasteiger partial charge in [-0.15, -0.1) is 0 Å². The maximum Gasteiger partial charge on any atom is 0.313 e. The van der Waals surface area contributed by atoms with E-state index in [1.807, 2.05) is 42.5 Å². The highest BCUT2D eigenvalue weighted by Gasteiger charge is 2.24. The van der Waals surface area contributed by atoms with Crippen LogP contribution in [-0.2, 0) is 14.3 Å². The first-order valence-corrected chi connectivity index (χ1v) is 6.18. The molecule has 0 fully saturated rings. The largest absolute Gasteiger partial charge is 0.469 e. The summed E-state index contributed by atoms with van der Waals surface area (Å²) >= 11 is 0. The van der Waals surface area contributed by atoms with Gasteiger partial charge in [0.15, 0.2) is 0 Å². The summed E-state index contributed by atoms with van der Waals surface area (Å²) in [6.07, 6.45) is 0.167. The van der Waals surface area contributed by atoms with Crippen molar-refractivity contribution >= 4 is 22.5 Å². The van der Waals surface area contributed by atoms with Crippen LogP contribution in [0.4, 0.5) is 0 Å². The number of esters is 1. The van der Waals surface area contributed by atoms with Crippen LogP contribution >= 0.6 is 0 Å². The highest BCUT2D eigenvalue weighted by atomic mass is 16.5. The van der Waals surface area contributed by atoms with Gasteiger partial charge in [-0.05, 0) is 23.3 Å². The number of Topliss-reactive ketones (excluding diaryl/α,β-unsaturated/α-hetero) is 1. The third-order valence-electron chi connectivity index (χ3n) is 3.18. The molecule has 98 valence electrons. The first-order valence-electron chi connectivity index (χ1n) is 6.18. The monoisotopic (exact) mass is 256 g/mol. The minimum atomic E-state index is -0.534. The maximum absolute atomic E-state index is 11.9. The number of fused-ring (bicyclic) bond motifs is 1. The molecule has 0 saturated carbocycles. The fraction of sp³-hybridized carbons (Fsp3) is 0.250. The lowest BCUT2D eigenvalue weighted by atomic mass is 9.90. The molecule has 3 heteroatoms. The van der Waals surface area contributed by atoms with Crippen LogP contribution in [0.15, 0.2) is 42.5 Å². The van der Waals surface area contributed by atoms with Gasteiger partial charge < -0.3 is 4.74 Å². The first kappa shape index (κ1) is 13.3. The number of ether oxygens (including phenoxy) is 1. The molecule has 0 aromatic heterocycles. The Balaban J connectivity index is 2.55. The van der Waals surface area contributed by atoms with Crippen molar-refractivity contribution < 1.29 is 14.3 Å². The third-order valence-corrected chi connectivity index (χ3v) is 3.18. The van der Waals surface area contributed by atoms with Crippen LogP contribution in [0, 0.1) is 0 Å². The van der Waals surface area contributed by atoms with E-state index in [0.717, 1.165) is 16.3 Å². The molecular weight excluding hydrogens is 240 g/mol. The summed E-state index contributed by atoms with van der Waals surface area (Å²) in [7, 11) is 1.35. The molecule has 0 N–H and O–H groups in total. The number of carbonyl (C=O) groups excluding carboxylic acids is 2. The summed E-state index contributed by atoms with van der Waals surface area (Å²) in [5, 5.41) is 2.04. The number of carbonyl (C=O) groups is 2. The number of benzene rings is 2.